The maximum atomic E-state index is 6.29. The summed E-state index contributed by atoms with van der Waals surface area (Å²) in [5.74, 6) is 0. The molecule has 3 heterocycles. The van der Waals surface area contributed by atoms with Gasteiger partial charge in [0, 0.05) is 47.8 Å². The van der Waals surface area contributed by atoms with E-state index in [0.717, 1.165) is 29.1 Å². The van der Waals surface area contributed by atoms with Crippen LogP contribution in [0.1, 0.15) is 39.5 Å². The molecule has 3 saturated heterocycles. The van der Waals surface area contributed by atoms with E-state index >= 15 is 0 Å². The van der Waals surface area contributed by atoms with Gasteiger partial charge in [0.25, 0.3) is 0 Å². The van der Waals surface area contributed by atoms with Crippen LogP contribution in [0.5, 0.6) is 0 Å². The van der Waals surface area contributed by atoms with Crippen molar-refractivity contribution in [1.29, 1.82) is 0 Å². The topological polar surface area (TPSA) is 32.5 Å². The SMILES string of the molecule is CC1CN(C2(CN)CC3CCC(C2)N3C)CC(C)S1. The molecule has 4 unspecified atom stereocenters. The molecule has 3 aliphatic heterocycles. The normalized spacial score (nSPS) is 48.6. The van der Waals surface area contributed by atoms with Crippen LogP contribution >= 0.6 is 11.8 Å². The first kappa shape index (κ1) is 14.2. The molecule has 0 saturated carbocycles. The number of piperidine rings is 1. The molecule has 2 N–H and O–H groups in total. The maximum Gasteiger partial charge on any atom is 0.0362 e. The number of rotatable bonds is 2. The third-order valence-corrected chi connectivity index (χ3v) is 6.91. The van der Waals surface area contributed by atoms with Crippen molar-refractivity contribution in [3.8, 4) is 0 Å². The standard InChI is InChI=1S/C15H29N3S/c1-11-8-18(9-12(2)19-11)15(10-16)6-13-4-5-14(7-15)17(13)3/h11-14H,4-10,16H2,1-3H3. The molecule has 0 aromatic carbocycles. The van der Waals surface area contributed by atoms with Gasteiger partial charge >= 0.3 is 0 Å². The van der Waals surface area contributed by atoms with Crippen LogP contribution in [0.4, 0.5) is 0 Å². The van der Waals surface area contributed by atoms with Crippen molar-refractivity contribution in [3.63, 3.8) is 0 Å². The van der Waals surface area contributed by atoms with Gasteiger partial charge < -0.3 is 10.6 Å². The highest BCUT2D eigenvalue weighted by molar-refractivity contribution is 8.00. The van der Waals surface area contributed by atoms with E-state index in [1.54, 1.807) is 0 Å². The maximum absolute atomic E-state index is 6.29. The Morgan fingerprint density at radius 3 is 2.11 bits per heavy atom. The minimum absolute atomic E-state index is 0.293. The zero-order valence-corrected chi connectivity index (χ0v) is 13.5. The molecule has 19 heavy (non-hydrogen) atoms. The first-order chi connectivity index (χ1) is 9.04. The summed E-state index contributed by atoms with van der Waals surface area (Å²) in [5, 5.41) is 1.51. The third-order valence-electron chi connectivity index (χ3n) is 5.69. The number of hydrogen-bond acceptors (Lipinski definition) is 4. The van der Waals surface area contributed by atoms with Gasteiger partial charge in [-0.05, 0) is 32.7 Å². The smallest absolute Gasteiger partial charge is 0.0362 e. The lowest BCUT2D eigenvalue weighted by Gasteiger charge is -2.53. The Balaban J connectivity index is 1.80. The van der Waals surface area contributed by atoms with E-state index in [-0.39, 0.29) is 0 Å². The summed E-state index contributed by atoms with van der Waals surface area (Å²) in [6.45, 7) is 8.06. The number of thioether (sulfide) groups is 1. The van der Waals surface area contributed by atoms with Gasteiger partial charge in [0.15, 0.2) is 0 Å². The molecule has 2 bridgehead atoms. The lowest BCUT2D eigenvalue weighted by molar-refractivity contribution is 0.0000535. The van der Waals surface area contributed by atoms with Crippen molar-refractivity contribution in [2.24, 2.45) is 5.73 Å². The highest BCUT2D eigenvalue weighted by Gasteiger charge is 2.50. The third kappa shape index (κ3) is 2.45. The van der Waals surface area contributed by atoms with Crippen LogP contribution < -0.4 is 5.73 Å². The fourth-order valence-corrected chi connectivity index (χ4v) is 5.99. The Morgan fingerprint density at radius 2 is 1.63 bits per heavy atom. The molecule has 0 radical (unpaired) electrons. The summed E-state index contributed by atoms with van der Waals surface area (Å²) in [4.78, 5) is 5.39. The quantitative estimate of drug-likeness (QED) is 0.837. The van der Waals surface area contributed by atoms with E-state index < -0.39 is 0 Å². The van der Waals surface area contributed by atoms with E-state index in [2.05, 4.69) is 42.5 Å². The molecule has 0 aromatic rings. The van der Waals surface area contributed by atoms with E-state index in [0.29, 0.717) is 5.54 Å². The molecule has 0 amide bonds. The van der Waals surface area contributed by atoms with Gasteiger partial charge in [-0.2, -0.15) is 11.8 Å². The molecule has 0 spiro atoms. The Hall–Kier alpha value is 0.230. The molecule has 0 aromatic heterocycles. The largest absolute Gasteiger partial charge is 0.329 e. The molecule has 4 heteroatoms. The highest BCUT2D eigenvalue weighted by atomic mass is 32.2. The molecule has 4 atom stereocenters. The van der Waals surface area contributed by atoms with Crippen molar-refractivity contribution in [3.05, 3.63) is 0 Å². The molecule has 110 valence electrons. The van der Waals surface area contributed by atoms with E-state index in [1.165, 1.54) is 38.8 Å². The van der Waals surface area contributed by atoms with Gasteiger partial charge in [0.2, 0.25) is 0 Å². The average Bonchev–Trinajstić information content (AvgIpc) is 2.62. The molecular formula is C15H29N3S. The molecule has 0 aliphatic carbocycles. The van der Waals surface area contributed by atoms with Crippen LogP contribution in [-0.4, -0.2) is 64.6 Å². The minimum atomic E-state index is 0.293. The monoisotopic (exact) mass is 283 g/mol. The fraction of sp³-hybridized carbons (Fsp3) is 1.00. The Morgan fingerprint density at radius 1 is 1.11 bits per heavy atom. The van der Waals surface area contributed by atoms with Gasteiger partial charge in [0.1, 0.15) is 0 Å². The highest BCUT2D eigenvalue weighted by Crippen LogP contribution is 2.44. The number of fused-ring (bicyclic) bond motifs is 2. The lowest BCUT2D eigenvalue weighted by atomic mass is 9.81. The van der Waals surface area contributed by atoms with Crippen molar-refractivity contribution in [2.75, 3.05) is 26.7 Å². The first-order valence-electron chi connectivity index (χ1n) is 7.86. The fourth-order valence-electron chi connectivity index (χ4n) is 4.66. The Labute approximate surface area is 122 Å². The van der Waals surface area contributed by atoms with Crippen LogP contribution in [0.25, 0.3) is 0 Å². The summed E-state index contributed by atoms with van der Waals surface area (Å²) >= 11 is 2.14. The predicted molar refractivity (Wildman–Crippen MR) is 83.7 cm³/mol. The number of nitrogens with zero attached hydrogens (tertiary/aromatic N) is 2. The second-order valence-electron chi connectivity index (χ2n) is 7.05. The van der Waals surface area contributed by atoms with E-state index in [9.17, 15) is 0 Å². The van der Waals surface area contributed by atoms with Gasteiger partial charge in [-0.1, -0.05) is 13.8 Å². The van der Waals surface area contributed by atoms with Crippen molar-refractivity contribution < 1.29 is 0 Å². The molecular weight excluding hydrogens is 254 g/mol. The summed E-state index contributed by atoms with van der Waals surface area (Å²) in [5.41, 5.74) is 6.58. The van der Waals surface area contributed by atoms with E-state index in [1.807, 2.05) is 0 Å². The lowest BCUT2D eigenvalue weighted by Crippen LogP contribution is -2.64. The zero-order valence-electron chi connectivity index (χ0n) is 12.6. The number of hydrogen-bond donors (Lipinski definition) is 1. The summed E-state index contributed by atoms with van der Waals surface area (Å²) in [6.07, 6.45) is 5.36. The van der Waals surface area contributed by atoms with Crippen LogP contribution in [0.2, 0.25) is 0 Å². The second-order valence-corrected chi connectivity index (χ2v) is 8.93. The molecule has 3 aliphatic rings. The van der Waals surface area contributed by atoms with Crippen LogP contribution in [0.15, 0.2) is 0 Å². The van der Waals surface area contributed by atoms with Gasteiger partial charge in [-0.3, -0.25) is 4.90 Å². The molecule has 3 rings (SSSR count). The van der Waals surface area contributed by atoms with Gasteiger partial charge in [-0.15, -0.1) is 0 Å². The van der Waals surface area contributed by atoms with Crippen LogP contribution in [0, 0.1) is 0 Å². The van der Waals surface area contributed by atoms with Crippen molar-refractivity contribution in [1.82, 2.24) is 9.80 Å². The summed E-state index contributed by atoms with van der Waals surface area (Å²) in [7, 11) is 2.32. The first-order valence-corrected chi connectivity index (χ1v) is 8.81. The second kappa shape index (κ2) is 5.21. The van der Waals surface area contributed by atoms with E-state index in [4.69, 9.17) is 5.73 Å². The average molecular weight is 283 g/mol. The number of nitrogens with two attached hydrogens (primary N) is 1. The Bertz CT molecular complexity index is 311. The molecule has 3 fully saturated rings. The molecule has 3 nitrogen and oxygen atoms in total. The predicted octanol–water partition coefficient (Wildman–Crippen LogP) is 1.77. The summed E-state index contributed by atoms with van der Waals surface area (Å²) < 4.78 is 0. The van der Waals surface area contributed by atoms with Gasteiger partial charge in [0.05, 0.1) is 0 Å². The summed E-state index contributed by atoms with van der Waals surface area (Å²) in [6, 6.07) is 1.56. The zero-order chi connectivity index (χ0) is 13.6. The van der Waals surface area contributed by atoms with Gasteiger partial charge in [-0.25, -0.2) is 0 Å². The minimum Gasteiger partial charge on any atom is -0.329 e. The van der Waals surface area contributed by atoms with Crippen LogP contribution in [-0.2, 0) is 0 Å². The van der Waals surface area contributed by atoms with Crippen molar-refractivity contribution >= 4 is 11.8 Å². The van der Waals surface area contributed by atoms with Crippen molar-refractivity contribution in [2.45, 2.75) is 67.7 Å². The van der Waals surface area contributed by atoms with Crippen LogP contribution in [0.3, 0.4) is 0 Å². The Kier molecular flexibility index (Phi) is 3.89.